The van der Waals surface area contributed by atoms with Crippen molar-refractivity contribution in [3.05, 3.63) is 10.7 Å². The Hall–Kier alpha value is -0.880. The molecule has 1 aromatic rings. The molecule has 0 saturated heterocycles. The zero-order valence-electron chi connectivity index (χ0n) is 8.20. The van der Waals surface area contributed by atoms with Gasteiger partial charge in [0.1, 0.15) is 10.4 Å². The van der Waals surface area contributed by atoms with Crippen LogP contribution in [0.25, 0.3) is 0 Å². The molecule has 0 spiro atoms. The highest BCUT2D eigenvalue weighted by Crippen LogP contribution is 2.44. The lowest BCUT2D eigenvalue weighted by atomic mass is 10.1. The van der Waals surface area contributed by atoms with Gasteiger partial charge in [-0.2, -0.15) is 4.98 Å². The maximum atomic E-state index is 9.13. The fraction of sp³-hybridized carbons (Fsp3) is 0.556. The predicted octanol–water partition coefficient (Wildman–Crippen LogP) is 1.01. The normalized spacial score (nSPS) is 17.5. The molecule has 82 valence electrons. The van der Waals surface area contributed by atoms with Gasteiger partial charge in [0.25, 0.3) is 0 Å². The summed E-state index contributed by atoms with van der Waals surface area (Å²) in [5.41, 5.74) is 5.62. The molecule has 0 atom stereocenters. The molecule has 0 radical (unpaired) electrons. The molecule has 15 heavy (non-hydrogen) atoms. The number of nitrogens with two attached hydrogens (primary N) is 1. The van der Waals surface area contributed by atoms with E-state index in [2.05, 4.69) is 31.2 Å². The van der Waals surface area contributed by atoms with Gasteiger partial charge >= 0.3 is 0 Å². The topological polar surface area (TPSA) is 84.1 Å². The molecule has 1 aromatic heterocycles. The number of hydrogen-bond donors (Lipinski definition) is 3. The summed E-state index contributed by atoms with van der Waals surface area (Å²) in [5, 5.41) is 12.2. The van der Waals surface area contributed by atoms with Gasteiger partial charge in [-0.05, 0) is 28.8 Å². The molecule has 1 saturated carbocycles. The molecule has 0 amide bonds. The maximum absolute atomic E-state index is 9.13. The highest BCUT2D eigenvalue weighted by atomic mass is 79.9. The molecule has 1 aliphatic carbocycles. The third-order valence-electron chi connectivity index (χ3n) is 2.63. The van der Waals surface area contributed by atoms with Crippen LogP contribution in [0.3, 0.4) is 0 Å². The van der Waals surface area contributed by atoms with Crippen molar-refractivity contribution in [2.24, 2.45) is 5.41 Å². The Morgan fingerprint density at radius 1 is 1.53 bits per heavy atom. The van der Waals surface area contributed by atoms with Crippen molar-refractivity contribution in [3.8, 4) is 0 Å². The molecule has 5 nitrogen and oxygen atoms in total. The van der Waals surface area contributed by atoms with Crippen molar-refractivity contribution >= 4 is 27.7 Å². The number of halogens is 1. The first kappa shape index (κ1) is 10.6. The Bertz CT molecular complexity index is 347. The van der Waals surface area contributed by atoms with E-state index in [1.807, 2.05) is 0 Å². The van der Waals surface area contributed by atoms with Gasteiger partial charge in [0, 0.05) is 18.0 Å². The Morgan fingerprint density at radius 3 is 2.80 bits per heavy atom. The molecule has 4 N–H and O–H groups in total. The van der Waals surface area contributed by atoms with Gasteiger partial charge in [0.05, 0.1) is 6.61 Å². The van der Waals surface area contributed by atoms with Crippen LogP contribution < -0.4 is 11.1 Å². The van der Waals surface area contributed by atoms with E-state index >= 15 is 0 Å². The van der Waals surface area contributed by atoms with Crippen LogP contribution in [-0.2, 0) is 0 Å². The first-order chi connectivity index (χ1) is 7.13. The molecule has 1 fully saturated rings. The summed E-state index contributed by atoms with van der Waals surface area (Å²) in [6.07, 6.45) is 2.11. The number of aromatic nitrogens is 2. The molecule has 0 bridgehead atoms. The van der Waals surface area contributed by atoms with E-state index in [9.17, 15) is 0 Å². The first-order valence-electron chi connectivity index (χ1n) is 4.78. The van der Waals surface area contributed by atoms with E-state index in [0.29, 0.717) is 22.9 Å². The number of anilines is 2. The average molecular weight is 273 g/mol. The third-order valence-corrected chi connectivity index (χ3v) is 3.03. The molecule has 2 rings (SSSR count). The lowest BCUT2D eigenvalue weighted by Gasteiger charge is -2.12. The van der Waals surface area contributed by atoms with E-state index in [-0.39, 0.29) is 12.0 Å². The minimum Gasteiger partial charge on any atom is -0.396 e. The fourth-order valence-electron chi connectivity index (χ4n) is 1.35. The Kier molecular flexibility index (Phi) is 2.79. The molecule has 0 aromatic carbocycles. The Balaban J connectivity index is 1.99. The minimum absolute atomic E-state index is 0.0421. The Labute approximate surface area is 96.2 Å². The van der Waals surface area contributed by atoms with E-state index in [1.54, 1.807) is 6.07 Å². The maximum Gasteiger partial charge on any atom is 0.225 e. The minimum atomic E-state index is 0.0421. The summed E-state index contributed by atoms with van der Waals surface area (Å²) < 4.78 is 0.659. The second-order valence-corrected chi connectivity index (χ2v) is 4.76. The lowest BCUT2D eigenvalue weighted by Crippen LogP contribution is -2.20. The van der Waals surface area contributed by atoms with Crippen molar-refractivity contribution < 1.29 is 5.11 Å². The Morgan fingerprint density at radius 2 is 2.27 bits per heavy atom. The van der Waals surface area contributed by atoms with Crippen LogP contribution in [0.5, 0.6) is 0 Å². The summed E-state index contributed by atoms with van der Waals surface area (Å²) in [7, 11) is 0. The number of aliphatic hydroxyl groups excluding tert-OH is 1. The van der Waals surface area contributed by atoms with E-state index < -0.39 is 0 Å². The van der Waals surface area contributed by atoms with Crippen molar-refractivity contribution in [3.63, 3.8) is 0 Å². The largest absolute Gasteiger partial charge is 0.396 e. The van der Waals surface area contributed by atoms with Gasteiger partial charge in [-0.25, -0.2) is 4.98 Å². The van der Waals surface area contributed by atoms with Gasteiger partial charge in [0.2, 0.25) is 5.95 Å². The van der Waals surface area contributed by atoms with Crippen molar-refractivity contribution in [2.75, 3.05) is 24.2 Å². The highest BCUT2D eigenvalue weighted by Gasteiger charge is 2.41. The molecule has 0 aliphatic heterocycles. The monoisotopic (exact) mass is 272 g/mol. The molecule has 1 heterocycles. The molecule has 0 unspecified atom stereocenters. The SMILES string of the molecule is Nc1cc(Br)nc(NCC2(CO)CC2)n1. The summed E-state index contributed by atoms with van der Waals surface area (Å²) >= 11 is 3.25. The fourth-order valence-corrected chi connectivity index (χ4v) is 1.75. The highest BCUT2D eigenvalue weighted by molar-refractivity contribution is 9.10. The first-order valence-corrected chi connectivity index (χ1v) is 5.58. The average Bonchev–Trinajstić information content (AvgIpc) is 2.94. The van der Waals surface area contributed by atoms with E-state index in [4.69, 9.17) is 10.8 Å². The summed E-state index contributed by atoms with van der Waals surface area (Å²) in [5.74, 6) is 0.926. The molecular weight excluding hydrogens is 260 g/mol. The van der Waals surface area contributed by atoms with E-state index in [1.165, 1.54) is 0 Å². The molecule has 1 aliphatic rings. The third kappa shape index (κ3) is 2.57. The van der Waals surface area contributed by atoms with Crippen LogP contribution in [0.15, 0.2) is 10.7 Å². The van der Waals surface area contributed by atoms with Gasteiger partial charge < -0.3 is 16.2 Å². The smallest absolute Gasteiger partial charge is 0.225 e. The standard InChI is InChI=1S/C9H13BrN4O/c10-6-3-7(11)14-8(13-6)12-4-9(5-15)1-2-9/h3,15H,1-2,4-5H2,(H3,11,12,13,14). The zero-order chi connectivity index (χ0) is 10.9. The zero-order valence-corrected chi connectivity index (χ0v) is 9.79. The van der Waals surface area contributed by atoms with Gasteiger partial charge in [-0.1, -0.05) is 0 Å². The van der Waals surface area contributed by atoms with Gasteiger partial charge in [0.15, 0.2) is 0 Å². The van der Waals surface area contributed by atoms with Crippen LogP contribution >= 0.6 is 15.9 Å². The predicted molar refractivity (Wildman–Crippen MR) is 61.4 cm³/mol. The second kappa shape index (κ2) is 3.94. The van der Waals surface area contributed by atoms with Gasteiger partial charge in [-0.3, -0.25) is 0 Å². The number of rotatable bonds is 4. The number of nitrogens with one attached hydrogen (secondary N) is 1. The number of nitrogen functional groups attached to an aromatic ring is 1. The van der Waals surface area contributed by atoms with Crippen LogP contribution in [-0.4, -0.2) is 28.2 Å². The van der Waals surface area contributed by atoms with Crippen LogP contribution in [0.2, 0.25) is 0 Å². The lowest BCUT2D eigenvalue weighted by molar-refractivity contribution is 0.219. The quantitative estimate of drug-likeness (QED) is 0.713. The number of aliphatic hydroxyl groups is 1. The second-order valence-electron chi connectivity index (χ2n) is 3.95. The molecular formula is C9H13BrN4O. The van der Waals surface area contributed by atoms with Crippen LogP contribution in [0, 0.1) is 5.41 Å². The number of hydrogen-bond acceptors (Lipinski definition) is 5. The van der Waals surface area contributed by atoms with Gasteiger partial charge in [-0.15, -0.1) is 0 Å². The summed E-state index contributed by atoms with van der Waals surface area (Å²) in [6.45, 7) is 0.906. The number of nitrogens with zero attached hydrogens (tertiary/aromatic N) is 2. The van der Waals surface area contributed by atoms with Crippen LogP contribution in [0.1, 0.15) is 12.8 Å². The summed E-state index contributed by atoms with van der Waals surface area (Å²) in [4.78, 5) is 8.18. The van der Waals surface area contributed by atoms with Crippen LogP contribution in [0.4, 0.5) is 11.8 Å². The van der Waals surface area contributed by atoms with E-state index in [0.717, 1.165) is 12.8 Å². The van der Waals surface area contributed by atoms with Crippen molar-refractivity contribution in [1.29, 1.82) is 0 Å². The summed E-state index contributed by atoms with van der Waals surface area (Å²) in [6, 6.07) is 1.64. The van der Waals surface area contributed by atoms with Crippen molar-refractivity contribution in [1.82, 2.24) is 9.97 Å². The van der Waals surface area contributed by atoms with Crippen molar-refractivity contribution in [2.45, 2.75) is 12.8 Å². The molecule has 6 heteroatoms.